The van der Waals surface area contributed by atoms with E-state index in [1.165, 1.54) is 24.3 Å². The van der Waals surface area contributed by atoms with Gasteiger partial charge in [-0.2, -0.15) is 0 Å². The molecule has 0 saturated heterocycles. The van der Waals surface area contributed by atoms with E-state index in [1.54, 1.807) is 18.2 Å². The van der Waals surface area contributed by atoms with Crippen molar-refractivity contribution in [2.75, 3.05) is 5.32 Å². The zero-order valence-corrected chi connectivity index (χ0v) is 13.9. The summed E-state index contributed by atoms with van der Waals surface area (Å²) in [6, 6.07) is 9.99. The number of non-ortho nitro benzene ring substituents is 1. The van der Waals surface area contributed by atoms with E-state index in [0.29, 0.717) is 5.39 Å². The van der Waals surface area contributed by atoms with Crippen LogP contribution in [0.25, 0.3) is 11.0 Å². The molecule has 3 aromatic rings. The molecule has 0 bridgehead atoms. The summed E-state index contributed by atoms with van der Waals surface area (Å²) in [5, 5.41) is 22.0. The van der Waals surface area contributed by atoms with Gasteiger partial charge in [0.05, 0.1) is 20.7 Å². The average molecular weight is 378 g/mol. The predicted molar refractivity (Wildman–Crippen MR) is 93.1 cm³/mol. The van der Waals surface area contributed by atoms with Gasteiger partial charge in [0.15, 0.2) is 0 Å². The van der Waals surface area contributed by atoms with Gasteiger partial charge in [0, 0.05) is 17.5 Å². The van der Waals surface area contributed by atoms with Gasteiger partial charge in [-0.3, -0.25) is 20.3 Å². The molecule has 1 aromatic heterocycles. The quantitative estimate of drug-likeness (QED) is 0.521. The second kappa shape index (κ2) is 6.54. The first-order chi connectivity index (χ1) is 11.9. The van der Waals surface area contributed by atoms with E-state index in [9.17, 15) is 14.9 Å². The van der Waals surface area contributed by atoms with Crippen molar-refractivity contribution >= 4 is 51.5 Å². The molecule has 0 atom stereocenters. The Labute approximate surface area is 150 Å². The van der Waals surface area contributed by atoms with Crippen LogP contribution in [0.4, 0.5) is 11.4 Å². The fraction of sp³-hybridized carbons (Fsp3) is 0. The normalized spacial score (nSPS) is 10.6. The molecular formula is C16H9Cl2N3O4. The number of nitro benzene ring substituents is 1. The number of nitro groups is 1. The topological polar surface area (TPSA) is 109 Å². The van der Waals surface area contributed by atoms with E-state index in [4.69, 9.17) is 33.0 Å². The molecule has 7 nitrogen and oxygen atoms in total. The number of nitrogens with one attached hydrogen (secondary N) is 2. The Balaban J connectivity index is 2.03. The van der Waals surface area contributed by atoms with Gasteiger partial charge in [-0.1, -0.05) is 29.3 Å². The molecule has 2 N–H and O–H groups in total. The zero-order valence-electron chi connectivity index (χ0n) is 12.4. The molecule has 0 aliphatic carbocycles. The Morgan fingerprint density at radius 3 is 2.68 bits per heavy atom. The molecule has 0 aliphatic rings. The van der Waals surface area contributed by atoms with Gasteiger partial charge in [0.2, 0.25) is 5.55 Å². The number of amides is 1. The summed E-state index contributed by atoms with van der Waals surface area (Å²) in [4.78, 5) is 22.8. The third-order valence-electron chi connectivity index (χ3n) is 3.41. The van der Waals surface area contributed by atoms with Gasteiger partial charge in [-0.15, -0.1) is 0 Å². The van der Waals surface area contributed by atoms with Gasteiger partial charge in [0.1, 0.15) is 11.1 Å². The Hall–Kier alpha value is -2.90. The first kappa shape index (κ1) is 16.9. The Kier molecular flexibility index (Phi) is 4.43. The summed E-state index contributed by atoms with van der Waals surface area (Å²) >= 11 is 11.9. The molecule has 0 radical (unpaired) electrons. The van der Waals surface area contributed by atoms with Crippen LogP contribution in [0.15, 0.2) is 46.9 Å². The van der Waals surface area contributed by atoms with E-state index in [-0.39, 0.29) is 38.1 Å². The van der Waals surface area contributed by atoms with Crippen LogP contribution >= 0.6 is 23.2 Å². The number of hydrogen-bond donors (Lipinski definition) is 2. The molecule has 1 amide bonds. The maximum Gasteiger partial charge on any atom is 0.270 e. The molecular weight excluding hydrogens is 369 g/mol. The molecule has 0 fully saturated rings. The van der Waals surface area contributed by atoms with E-state index >= 15 is 0 Å². The van der Waals surface area contributed by atoms with Crippen LogP contribution in [0.2, 0.25) is 10.0 Å². The second-order valence-corrected chi connectivity index (χ2v) is 5.81. The van der Waals surface area contributed by atoms with Crippen molar-refractivity contribution in [2.24, 2.45) is 0 Å². The van der Waals surface area contributed by atoms with Gasteiger partial charge in [-0.25, -0.2) is 0 Å². The van der Waals surface area contributed by atoms with Gasteiger partial charge in [-0.05, 0) is 24.3 Å². The summed E-state index contributed by atoms with van der Waals surface area (Å²) in [5.41, 5.74) is -0.0867. The van der Waals surface area contributed by atoms with Crippen LogP contribution in [0.3, 0.4) is 0 Å². The third kappa shape index (κ3) is 3.33. The van der Waals surface area contributed by atoms with E-state index in [1.807, 2.05) is 0 Å². The van der Waals surface area contributed by atoms with E-state index in [0.717, 1.165) is 0 Å². The molecule has 0 spiro atoms. The Bertz CT molecular complexity index is 1080. The number of anilines is 1. The first-order valence-electron chi connectivity index (χ1n) is 6.89. The maximum atomic E-state index is 12.4. The number of hydrogen-bond acceptors (Lipinski definition) is 5. The van der Waals surface area contributed by atoms with Crippen LogP contribution in [0.1, 0.15) is 10.4 Å². The lowest BCUT2D eigenvalue weighted by atomic mass is 10.1. The Morgan fingerprint density at radius 1 is 1.20 bits per heavy atom. The molecule has 3 rings (SSSR count). The van der Waals surface area contributed by atoms with Crippen LogP contribution in [0.5, 0.6) is 0 Å². The molecule has 2 aromatic carbocycles. The highest BCUT2D eigenvalue weighted by atomic mass is 35.5. The molecule has 25 heavy (non-hydrogen) atoms. The monoisotopic (exact) mass is 377 g/mol. The second-order valence-electron chi connectivity index (χ2n) is 5.02. The SMILES string of the molecule is N=c1oc2ccc([N+](=O)[O-])cc2cc1C(=O)Nc1cccc(Cl)c1Cl. The number of rotatable bonds is 3. The van der Waals surface area contributed by atoms with Crippen molar-refractivity contribution in [1.82, 2.24) is 0 Å². The maximum absolute atomic E-state index is 12.4. The standard InChI is InChI=1S/C16H9Cl2N3O4/c17-11-2-1-3-12(14(11)18)20-16(22)10-7-8-6-9(21(23)24)4-5-13(8)25-15(10)19/h1-7,19H,(H,20,22). The lowest BCUT2D eigenvalue weighted by Gasteiger charge is -2.08. The summed E-state index contributed by atoms with van der Waals surface area (Å²) in [6.45, 7) is 0. The van der Waals surface area contributed by atoms with Crippen LogP contribution in [0, 0.1) is 15.5 Å². The minimum absolute atomic E-state index is 0.0935. The predicted octanol–water partition coefficient (Wildman–Crippen LogP) is 4.38. The van der Waals surface area contributed by atoms with Crippen molar-refractivity contribution < 1.29 is 14.1 Å². The molecule has 0 saturated carbocycles. The summed E-state index contributed by atoms with van der Waals surface area (Å²) < 4.78 is 5.26. The van der Waals surface area contributed by atoms with Gasteiger partial charge < -0.3 is 9.73 Å². The zero-order chi connectivity index (χ0) is 18.1. The molecule has 1 heterocycles. The third-order valence-corrected chi connectivity index (χ3v) is 4.22. The lowest BCUT2D eigenvalue weighted by Crippen LogP contribution is -2.21. The van der Waals surface area contributed by atoms with Gasteiger partial charge >= 0.3 is 0 Å². The van der Waals surface area contributed by atoms with Crippen LogP contribution in [-0.2, 0) is 0 Å². The largest absolute Gasteiger partial charge is 0.438 e. The lowest BCUT2D eigenvalue weighted by molar-refractivity contribution is -0.384. The molecule has 9 heteroatoms. The van der Waals surface area contributed by atoms with E-state index in [2.05, 4.69) is 5.32 Å². The number of halogens is 2. The number of benzene rings is 2. The fourth-order valence-corrected chi connectivity index (χ4v) is 2.55. The Morgan fingerprint density at radius 2 is 1.96 bits per heavy atom. The number of fused-ring (bicyclic) bond motifs is 1. The van der Waals surface area contributed by atoms with Crippen molar-refractivity contribution in [3.05, 3.63) is 73.7 Å². The highest BCUT2D eigenvalue weighted by molar-refractivity contribution is 6.44. The summed E-state index contributed by atoms with van der Waals surface area (Å²) in [7, 11) is 0. The first-order valence-corrected chi connectivity index (χ1v) is 7.64. The van der Waals surface area contributed by atoms with Crippen molar-refractivity contribution in [2.45, 2.75) is 0 Å². The van der Waals surface area contributed by atoms with Crippen molar-refractivity contribution in [3.63, 3.8) is 0 Å². The van der Waals surface area contributed by atoms with Crippen molar-refractivity contribution in [3.8, 4) is 0 Å². The number of carbonyl (C=O) groups excluding carboxylic acids is 1. The highest BCUT2D eigenvalue weighted by Gasteiger charge is 2.16. The van der Waals surface area contributed by atoms with Crippen LogP contribution < -0.4 is 10.9 Å². The minimum Gasteiger partial charge on any atom is -0.438 e. The van der Waals surface area contributed by atoms with Crippen molar-refractivity contribution in [1.29, 1.82) is 5.41 Å². The van der Waals surface area contributed by atoms with E-state index < -0.39 is 10.8 Å². The van der Waals surface area contributed by atoms with Gasteiger partial charge in [0.25, 0.3) is 11.6 Å². The summed E-state index contributed by atoms with van der Waals surface area (Å²) in [6.07, 6.45) is 0. The summed E-state index contributed by atoms with van der Waals surface area (Å²) in [5.74, 6) is -0.647. The smallest absolute Gasteiger partial charge is 0.270 e. The number of carbonyl (C=O) groups is 1. The molecule has 0 unspecified atom stereocenters. The highest BCUT2D eigenvalue weighted by Crippen LogP contribution is 2.30. The fourth-order valence-electron chi connectivity index (χ4n) is 2.20. The minimum atomic E-state index is -0.647. The number of nitrogens with zero attached hydrogens (tertiary/aromatic N) is 1. The molecule has 126 valence electrons. The average Bonchev–Trinajstić information content (AvgIpc) is 2.57. The van der Waals surface area contributed by atoms with Crippen LogP contribution in [-0.4, -0.2) is 10.8 Å². The molecule has 0 aliphatic heterocycles.